The van der Waals surface area contributed by atoms with E-state index in [-0.39, 0.29) is 17.9 Å². The molecule has 8 nitrogen and oxygen atoms in total. The van der Waals surface area contributed by atoms with Crippen molar-refractivity contribution in [2.45, 2.75) is 31.8 Å². The van der Waals surface area contributed by atoms with Crippen LogP contribution in [0.2, 0.25) is 0 Å². The molecule has 0 aliphatic carbocycles. The second-order valence-electron chi connectivity index (χ2n) is 7.91. The van der Waals surface area contributed by atoms with Gasteiger partial charge in [-0.3, -0.25) is 9.59 Å². The second-order valence-corrected chi connectivity index (χ2v) is 7.91. The highest BCUT2D eigenvalue weighted by Gasteiger charge is 2.44. The zero-order chi connectivity index (χ0) is 23.6. The number of carbonyl (C=O) groups excluding carboxylic acids is 2. The van der Waals surface area contributed by atoms with Crippen molar-refractivity contribution in [3.8, 4) is 23.0 Å². The number of benzene rings is 2. The van der Waals surface area contributed by atoms with Gasteiger partial charge in [0.25, 0.3) is 5.91 Å². The molecule has 0 fully saturated rings. The predicted molar refractivity (Wildman–Crippen MR) is 120 cm³/mol. The molecule has 0 bridgehead atoms. The van der Waals surface area contributed by atoms with Crippen LogP contribution in [0, 0.1) is 0 Å². The number of carbonyl (C=O) groups is 2. The molecule has 2 amide bonds. The molecule has 0 saturated carbocycles. The van der Waals surface area contributed by atoms with Gasteiger partial charge in [-0.25, -0.2) is 0 Å². The van der Waals surface area contributed by atoms with E-state index < -0.39 is 12.0 Å². The van der Waals surface area contributed by atoms with Gasteiger partial charge in [0.15, 0.2) is 23.0 Å². The first-order chi connectivity index (χ1) is 15.3. The molecule has 2 aromatic carbocycles. The zero-order valence-electron chi connectivity index (χ0n) is 19.5. The maximum atomic E-state index is 13.5. The number of hydrogen-bond acceptors (Lipinski definition) is 6. The second kappa shape index (κ2) is 9.38. The van der Waals surface area contributed by atoms with Crippen LogP contribution in [-0.2, 0) is 4.79 Å². The molecule has 32 heavy (non-hydrogen) atoms. The Kier molecular flexibility index (Phi) is 6.81. The molecule has 1 N–H and O–H groups in total. The van der Waals surface area contributed by atoms with Gasteiger partial charge in [-0.2, -0.15) is 0 Å². The molecule has 0 aromatic heterocycles. The lowest BCUT2D eigenvalue weighted by atomic mass is 9.79. The van der Waals surface area contributed by atoms with Gasteiger partial charge < -0.3 is 29.2 Å². The predicted octanol–water partition coefficient (Wildman–Crippen LogP) is 3.16. The highest BCUT2D eigenvalue weighted by atomic mass is 16.5. The van der Waals surface area contributed by atoms with Gasteiger partial charge in [0.05, 0.1) is 40.4 Å². The first-order valence-corrected chi connectivity index (χ1v) is 10.3. The summed E-state index contributed by atoms with van der Waals surface area (Å²) < 4.78 is 21.7. The summed E-state index contributed by atoms with van der Waals surface area (Å²) in [6, 6.07) is 8.14. The molecule has 1 aliphatic heterocycles. The minimum Gasteiger partial charge on any atom is -0.493 e. The van der Waals surface area contributed by atoms with Gasteiger partial charge in [0, 0.05) is 18.7 Å². The van der Waals surface area contributed by atoms with Gasteiger partial charge in [0.1, 0.15) is 0 Å². The summed E-state index contributed by atoms with van der Waals surface area (Å²) in [5, 5.41) is 3.00. The Hall–Kier alpha value is -3.42. The van der Waals surface area contributed by atoms with E-state index in [4.69, 9.17) is 18.9 Å². The third kappa shape index (κ3) is 4.04. The van der Waals surface area contributed by atoms with Crippen molar-refractivity contribution < 1.29 is 28.5 Å². The van der Waals surface area contributed by atoms with Gasteiger partial charge in [-0.15, -0.1) is 0 Å². The van der Waals surface area contributed by atoms with Crippen LogP contribution in [0.3, 0.4) is 0 Å². The van der Waals surface area contributed by atoms with Crippen LogP contribution in [0.1, 0.15) is 47.3 Å². The van der Waals surface area contributed by atoms with E-state index in [2.05, 4.69) is 5.32 Å². The zero-order valence-corrected chi connectivity index (χ0v) is 19.5. The highest BCUT2D eigenvalue weighted by Crippen LogP contribution is 2.46. The fourth-order valence-corrected chi connectivity index (χ4v) is 4.16. The van der Waals surface area contributed by atoms with Crippen LogP contribution in [0.4, 0.5) is 0 Å². The quantitative estimate of drug-likeness (QED) is 0.709. The van der Waals surface area contributed by atoms with E-state index in [1.165, 1.54) is 14.2 Å². The van der Waals surface area contributed by atoms with Crippen molar-refractivity contribution in [3.63, 3.8) is 0 Å². The normalized spacial score (nSPS) is 17.6. The Balaban J connectivity index is 2.25. The molecule has 0 unspecified atom stereocenters. The van der Waals surface area contributed by atoms with Crippen molar-refractivity contribution in [1.82, 2.24) is 10.2 Å². The van der Waals surface area contributed by atoms with Crippen molar-refractivity contribution in [3.05, 3.63) is 47.0 Å². The molecule has 8 heteroatoms. The Morgan fingerprint density at radius 3 is 2.03 bits per heavy atom. The summed E-state index contributed by atoms with van der Waals surface area (Å²) in [6.45, 7) is 3.80. The summed E-state index contributed by atoms with van der Waals surface area (Å²) >= 11 is 0. The van der Waals surface area contributed by atoms with Gasteiger partial charge in [-0.05, 0) is 49.2 Å². The van der Waals surface area contributed by atoms with E-state index in [1.807, 2.05) is 19.9 Å². The first-order valence-electron chi connectivity index (χ1n) is 10.3. The smallest absolute Gasteiger partial charge is 0.254 e. The van der Waals surface area contributed by atoms with Crippen LogP contribution in [0.5, 0.6) is 23.0 Å². The molecule has 0 saturated heterocycles. The number of nitrogens with zero attached hydrogens (tertiary/aromatic N) is 1. The molecular weight excluding hydrogens is 412 g/mol. The van der Waals surface area contributed by atoms with Crippen molar-refractivity contribution in [1.29, 1.82) is 0 Å². The third-order valence-corrected chi connectivity index (χ3v) is 5.64. The first kappa shape index (κ1) is 23.2. The van der Waals surface area contributed by atoms with E-state index in [0.717, 1.165) is 5.56 Å². The molecule has 172 valence electrons. The molecule has 2 aromatic rings. The molecule has 2 atom stereocenters. The van der Waals surface area contributed by atoms with Crippen LogP contribution in [0.15, 0.2) is 30.3 Å². The van der Waals surface area contributed by atoms with Gasteiger partial charge in [0.2, 0.25) is 5.91 Å². The average Bonchev–Trinajstić information content (AvgIpc) is 2.79. The average molecular weight is 443 g/mol. The van der Waals surface area contributed by atoms with Crippen LogP contribution in [0.25, 0.3) is 0 Å². The minimum absolute atomic E-state index is 0.0694. The Labute approximate surface area is 188 Å². The third-order valence-electron chi connectivity index (χ3n) is 5.64. The van der Waals surface area contributed by atoms with Crippen molar-refractivity contribution in [2.24, 2.45) is 0 Å². The Bertz CT molecular complexity index is 1020. The molecule has 0 radical (unpaired) electrons. The molecular formula is C24H30N2O6. The van der Waals surface area contributed by atoms with Gasteiger partial charge in [-0.1, -0.05) is 6.07 Å². The molecule has 0 spiro atoms. The number of rotatable bonds is 7. The van der Waals surface area contributed by atoms with E-state index in [1.54, 1.807) is 50.4 Å². The summed E-state index contributed by atoms with van der Waals surface area (Å²) in [5.41, 5.74) is 1.75. The van der Waals surface area contributed by atoms with Crippen LogP contribution >= 0.6 is 0 Å². The summed E-state index contributed by atoms with van der Waals surface area (Å²) in [4.78, 5) is 28.4. The fourth-order valence-electron chi connectivity index (χ4n) is 4.16. The van der Waals surface area contributed by atoms with E-state index in [9.17, 15) is 9.59 Å². The summed E-state index contributed by atoms with van der Waals surface area (Å²) in [5.74, 6) is 0.899. The minimum atomic E-state index is -0.673. The highest BCUT2D eigenvalue weighted by molar-refractivity contribution is 6.02. The largest absolute Gasteiger partial charge is 0.493 e. The maximum Gasteiger partial charge on any atom is 0.254 e. The number of likely N-dealkylation sites (N-methyl/N-ethyl adjacent to an activating group) is 1. The van der Waals surface area contributed by atoms with Gasteiger partial charge >= 0.3 is 0 Å². The van der Waals surface area contributed by atoms with Crippen LogP contribution < -0.4 is 24.3 Å². The molecule has 1 aliphatic rings. The summed E-state index contributed by atoms with van der Waals surface area (Å²) in [7, 11) is 7.83. The number of ether oxygens (including phenoxy) is 4. The lowest BCUT2D eigenvalue weighted by molar-refractivity contribution is -0.124. The lowest BCUT2D eigenvalue weighted by Gasteiger charge is -2.40. The van der Waals surface area contributed by atoms with E-state index in [0.29, 0.717) is 34.1 Å². The number of methoxy groups -OCH3 is 4. The molecule has 1 heterocycles. The maximum absolute atomic E-state index is 13.5. The standard InChI is InChI=1S/C24H30N2O6/c1-13(2)25-23(27)21-15-11-19(31-6)20(32-7)12-16(15)24(28)26(3)22(21)14-8-9-17(29-4)18(10-14)30-5/h8-13,21-22H,1-7H3,(H,25,27)/t21-,22-/m1/s1. The van der Waals surface area contributed by atoms with Crippen molar-refractivity contribution >= 4 is 11.8 Å². The fraction of sp³-hybridized carbons (Fsp3) is 0.417. The lowest BCUT2D eigenvalue weighted by Crippen LogP contribution is -2.46. The van der Waals surface area contributed by atoms with E-state index >= 15 is 0 Å². The monoisotopic (exact) mass is 442 g/mol. The number of amides is 2. The topological polar surface area (TPSA) is 86.3 Å². The number of hydrogen-bond donors (Lipinski definition) is 1. The number of nitrogens with one attached hydrogen (secondary N) is 1. The molecule has 3 rings (SSSR count). The Morgan fingerprint density at radius 2 is 1.47 bits per heavy atom. The SMILES string of the molecule is COc1ccc([C@@H]2[C@H](C(=O)NC(C)C)c3cc(OC)c(OC)cc3C(=O)N2C)cc1OC. The Morgan fingerprint density at radius 1 is 0.906 bits per heavy atom. The van der Waals surface area contributed by atoms with Crippen molar-refractivity contribution in [2.75, 3.05) is 35.5 Å². The summed E-state index contributed by atoms with van der Waals surface area (Å²) in [6.07, 6.45) is 0. The van der Waals surface area contributed by atoms with Crippen LogP contribution in [-0.4, -0.2) is 58.2 Å². The number of fused-ring (bicyclic) bond motifs is 1.